The van der Waals surface area contributed by atoms with E-state index in [0.29, 0.717) is 23.0 Å². The molecule has 0 atom stereocenters. The van der Waals surface area contributed by atoms with Crippen LogP contribution >= 0.6 is 0 Å². The summed E-state index contributed by atoms with van der Waals surface area (Å²) in [7, 11) is 0. The molecular formula is C15H10N4O2. The Morgan fingerprint density at radius 2 is 2.00 bits per heavy atom. The van der Waals surface area contributed by atoms with E-state index in [1.165, 1.54) is 12.1 Å². The number of rotatable bonds is 3. The first-order valence-corrected chi connectivity index (χ1v) is 6.28. The van der Waals surface area contributed by atoms with Crippen LogP contribution in [0.4, 0.5) is 5.69 Å². The summed E-state index contributed by atoms with van der Waals surface area (Å²) in [6.45, 7) is 0. The van der Waals surface area contributed by atoms with E-state index in [-0.39, 0.29) is 5.69 Å². The van der Waals surface area contributed by atoms with Crippen molar-refractivity contribution in [2.45, 2.75) is 6.42 Å². The lowest BCUT2D eigenvalue weighted by Gasteiger charge is -1.97. The van der Waals surface area contributed by atoms with Gasteiger partial charge in [0.1, 0.15) is 5.82 Å². The molecule has 6 heteroatoms. The fraction of sp³-hybridized carbons (Fsp3) is 0.0667. The van der Waals surface area contributed by atoms with E-state index in [1.807, 2.05) is 12.1 Å². The smallest absolute Gasteiger partial charge is 0.271 e. The van der Waals surface area contributed by atoms with Crippen LogP contribution in [0.3, 0.4) is 0 Å². The number of aromatic amines is 1. The van der Waals surface area contributed by atoms with Gasteiger partial charge in [0, 0.05) is 18.6 Å². The predicted octanol–water partition coefficient (Wildman–Crippen LogP) is 2.93. The highest BCUT2D eigenvalue weighted by atomic mass is 16.6. The molecule has 0 bridgehead atoms. The van der Waals surface area contributed by atoms with Gasteiger partial charge >= 0.3 is 0 Å². The van der Waals surface area contributed by atoms with Crippen molar-refractivity contribution in [3.05, 3.63) is 69.5 Å². The molecule has 0 unspecified atom stereocenters. The van der Waals surface area contributed by atoms with E-state index < -0.39 is 4.92 Å². The number of fused-ring (bicyclic) bond motifs is 1. The minimum Gasteiger partial charge on any atom is -0.341 e. The molecule has 1 aromatic heterocycles. The molecule has 0 saturated heterocycles. The number of hydrogen-bond donors (Lipinski definition) is 1. The Morgan fingerprint density at radius 3 is 2.67 bits per heavy atom. The van der Waals surface area contributed by atoms with Crippen molar-refractivity contribution in [1.29, 1.82) is 5.26 Å². The summed E-state index contributed by atoms with van der Waals surface area (Å²) >= 11 is 0. The molecule has 0 aliphatic heterocycles. The lowest BCUT2D eigenvalue weighted by Crippen LogP contribution is -1.90. The topological polar surface area (TPSA) is 95.6 Å². The van der Waals surface area contributed by atoms with Crippen molar-refractivity contribution in [2.24, 2.45) is 0 Å². The van der Waals surface area contributed by atoms with Crippen LogP contribution in [0, 0.1) is 21.4 Å². The average Bonchev–Trinajstić information content (AvgIpc) is 2.89. The molecule has 102 valence electrons. The second kappa shape index (κ2) is 5.06. The van der Waals surface area contributed by atoms with Gasteiger partial charge in [0.25, 0.3) is 5.69 Å². The van der Waals surface area contributed by atoms with Crippen molar-refractivity contribution in [3.8, 4) is 6.07 Å². The number of H-pyrrole nitrogens is 1. The van der Waals surface area contributed by atoms with Crippen LogP contribution in [-0.2, 0) is 6.42 Å². The highest BCUT2D eigenvalue weighted by molar-refractivity contribution is 5.77. The van der Waals surface area contributed by atoms with Crippen LogP contribution in [0.2, 0.25) is 0 Å². The first-order chi connectivity index (χ1) is 10.2. The van der Waals surface area contributed by atoms with Gasteiger partial charge in [-0.25, -0.2) is 4.98 Å². The van der Waals surface area contributed by atoms with Crippen LogP contribution in [0.5, 0.6) is 0 Å². The van der Waals surface area contributed by atoms with Gasteiger partial charge in [0.05, 0.1) is 27.6 Å². The SMILES string of the molecule is N#Cc1ccc(Cc2nc3ccc([N+](=O)[O-])cc3[nH]2)cc1. The first-order valence-electron chi connectivity index (χ1n) is 6.28. The van der Waals surface area contributed by atoms with Crippen molar-refractivity contribution in [2.75, 3.05) is 0 Å². The molecule has 0 radical (unpaired) electrons. The Hall–Kier alpha value is -3.20. The number of nitriles is 1. The van der Waals surface area contributed by atoms with E-state index in [0.717, 1.165) is 11.4 Å². The highest BCUT2D eigenvalue weighted by Crippen LogP contribution is 2.20. The normalized spacial score (nSPS) is 10.4. The summed E-state index contributed by atoms with van der Waals surface area (Å²) in [5.41, 5.74) is 3.01. The van der Waals surface area contributed by atoms with Crippen LogP contribution in [0.1, 0.15) is 17.0 Å². The third-order valence-corrected chi connectivity index (χ3v) is 3.18. The summed E-state index contributed by atoms with van der Waals surface area (Å²) in [5, 5.41) is 19.5. The molecular weight excluding hydrogens is 268 g/mol. The van der Waals surface area contributed by atoms with Crippen molar-refractivity contribution in [1.82, 2.24) is 9.97 Å². The minimum absolute atomic E-state index is 0.0380. The number of nitro benzene ring substituents is 1. The van der Waals surface area contributed by atoms with E-state index in [9.17, 15) is 10.1 Å². The van der Waals surface area contributed by atoms with Gasteiger partial charge < -0.3 is 4.98 Å². The monoisotopic (exact) mass is 278 g/mol. The predicted molar refractivity (Wildman–Crippen MR) is 76.7 cm³/mol. The molecule has 0 aliphatic carbocycles. The molecule has 1 N–H and O–H groups in total. The standard InChI is InChI=1S/C15H10N4O2/c16-9-11-3-1-10(2-4-11)7-15-17-13-6-5-12(19(20)21)8-14(13)18-15/h1-6,8H,7H2,(H,17,18). The second-order valence-electron chi connectivity index (χ2n) is 4.63. The maximum Gasteiger partial charge on any atom is 0.271 e. The molecule has 0 spiro atoms. The molecule has 3 aromatic rings. The summed E-state index contributed by atoms with van der Waals surface area (Å²) in [4.78, 5) is 17.8. The number of benzene rings is 2. The lowest BCUT2D eigenvalue weighted by molar-refractivity contribution is -0.384. The zero-order valence-corrected chi connectivity index (χ0v) is 10.9. The fourth-order valence-corrected chi connectivity index (χ4v) is 2.14. The van der Waals surface area contributed by atoms with E-state index in [4.69, 9.17) is 5.26 Å². The third-order valence-electron chi connectivity index (χ3n) is 3.18. The zero-order valence-electron chi connectivity index (χ0n) is 10.9. The van der Waals surface area contributed by atoms with Gasteiger partial charge in [-0.15, -0.1) is 0 Å². The van der Waals surface area contributed by atoms with Gasteiger partial charge in [-0.1, -0.05) is 12.1 Å². The Balaban J connectivity index is 1.90. The van der Waals surface area contributed by atoms with E-state index in [2.05, 4.69) is 16.0 Å². The first kappa shape index (κ1) is 12.8. The number of nitrogens with one attached hydrogen (secondary N) is 1. The minimum atomic E-state index is -0.430. The number of imidazole rings is 1. The van der Waals surface area contributed by atoms with Gasteiger partial charge in [0.2, 0.25) is 0 Å². The number of nitro groups is 1. The van der Waals surface area contributed by atoms with Crippen molar-refractivity contribution < 1.29 is 4.92 Å². The zero-order chi connectivity index (χ0) is 14.8. The Labute approximate surface area is 119 Å². The van der Waals surface area contributed by atoms with E-state index >= 15 is 0 Å². The fourth-order valence-electron chi connectivity index (χ4n) is 2.14. The molecule has 0 fully saturated rings. The third kappa shape index (κ3) is 2.58. The number of hydrogen-bond acceptors (Lipinski definition) is 4. The summed E-state index contributed by atoms with van der Waals surface area (Å²) < 4.78 is 0. The number of aromatic nitrogens is 2. The van der Waals surface area contributed by atoms with Crippen LogP contribution in [0.15, 0.2) is 42.5 Å². The van der Waals surface area contributed by atoms with Gasteiger partial charge in [-0.2, -0.15) is 5.26 Å². The van der Waals surface area contributed by atoms with Gasteiger partial charge in [-0.3, -0.25) is 10.1 Å². The summed E-state index contributed by atoms with van der Waals surface area (Å²) in [6, 6.07) is 13.9. The molecule has 0 aliphatic rings. The molecule has 21 heavy (non-hydrogen) atoms. The largest absolute Gasteiger partial charge is 0.341 e. The average molecular weight is 278 g/mol. The van der Waals surface area contributed by atoms with Crippen molar-refractivity contribution in [3.63, 3.8) is 0 Å². The van der Waals surface area contributed by atoms with Crippen LogP contribution in [-0.4, -0.2) is 14.9 Å². The summed E-state index contributed by atoms with van der Waals surface area (Å²) in [5.74, 6) is 0.732. The Kier molecular flexibility index (Phi) is 3.09. The molecule has 1 heterocycles. The Bertz CT molecular complexity index is 860. The van der Waals surface area contributed by atoms with E-state index in [1.54, 1.807) is 18.2 Å². The van der Waals surface area contributed by atoms with Crippen LogP contribution < -0.4 is 0 Å². The quantitative estimate of drug-likeness (QED) is 0.588. The van der Waals surface area contributed by atoms with Crippen LogP contribution in [0.25, 0.3) is 11.0 Å². The molecule has 0 saturated carbocycles. The second-order valence-corrected chi connectivity index (χ2v) is 4.63. The molecule has 3 rings (SSSR count). The van der Waals surface area contributed by atoms with Gasteiger partial charge in [0.15, 0.2) is 0 Å². The number of non-ortho nitro benzene ring substituents is 1. The Morgan fingerprint density at radius 1 is 1.24 bits per heavy atom. The number of nitrogens with zero attached hydrogens (tertiary/aromatic N) is 3. The van der Waals surface area contributed by atoms with Gasteiger partial charge in [-0.05, 0) is 23.8 Å². The maximum atomic E-state index is 10.7. The molecule has 0 amide bonds. The lowest BCUT2D eigenvalue weighted by atomic mass is 10.1. The van der Waals surface area contributed by atoms with Crippen molar-refractivity contribution >= 4 is 16.7 Å². The summed E-state index contributed by atoms with van der Waals surface area (Å²) in [6.07, 6.45) is 0.578. The molecule has 2 aromatic carbocycles. The maximum absolute atomic E-state index is 10.7. The molecule has 6 nitrogen and oxygen atoms in total. The highest BCUT2D eigenvalue weighted by Gasteiger charge is 2.09.